The predicted molar refractivity (Wildman–Crippen MR) is 63.2 cm³/mol. The molecule has 0 bridgehead atoms. The van der Waals surface area contributed by atoms with Crippen molar-refractivity contribution in [2.45, 2.75) is 10.1 Å². The van der Waals surface area contributed by atoms with Crippen molar-refractivity contribution in [3.63, 3.8) is 0 Å². The zero-order valence-corrected chi connectivity index (χ0v) is 9.90. The second-order valence-corrected chi connectivity index (χ2v) is 4.31. The Kier molecular flexibility index (Phi) is 3.13. The molecule has 0 aliphatic carbocycles. The van der Waals surface area contributed by atoms with Crippen LogP contribution in [-0.4, -0.2) is 9.55 Å². The Morgan fingerprint density at radius 1 is 1.24 bits per heavy atom. The fourth-order valence-electron chi connectivity index (χ4n) is 1.36. The van der Waals surface area contributed by atoms with Crippen molar-refractivity contribution >= 4 is 11.8 Å². The maximum Gasteiger partial charge on any atom is 0.172 e. The lowest BCUT2D eigenvalue weighted by molar-refractivity contribution is 0.790. The topological polar surface area (TPSA) is 65.4 Å². The third-order valence-electron chi connectivity index (χ3n) is 2.23. The summed E-state index contributed by atoms with van der Waals surface area (Å²) in [6.45, 7) is 0. The smallest absolute Gasteiger partial charge is 0.172 e. The molecule has 0 aliphatic heterocycles. The molecule has 0 amide bonds. The first-order valence-corrected chi connectivity index (χ1v) is 5.66. The molecule has 82 valence electrons. The quantitative estimate of drug-likeness (QED) is 0.808. The van der Waals surface area contributed by atoms with Crippen molar-refractivity contribution in [2.24, 2.45) is 7.05 Å². The molecule has 1 heterocycles. The van der Waals surface area contributed by atoms with E-state index in [0.717, 1.165) is 5.16 Å². The minimum atomic E-state index is 0.497. The highest BCUT2D eigenvalue weighted by Crippen LogP contribution is 2.31. The van der Waals surface area contributed by atoms with Gasteiger partial charge < -0.3 is 4.57 Å². The largest absolute Gasteiger partial charge is 0.329 e. The van der Waals surface area contributed by atoms with E-state index in [1.165, 1.54) is 11.8 Å². The molecule has 0 saturated heterocycles. The molecule has 0 atom stereocenters. The first kappa shape index (κ1) is 11.3. The van der Waals surface area contributed by atoms with Gasteiger partial charge in [-0.05, 0) is 23.9 Å². The normalized spacial score (nSPS) is 9.59. The average Bonchev–Trinajstić information content (AvgIpc) is 2.75. The number of rotatable bonds is 2. The Hall–Kier alpha value is -2.24. The van der Waals surface area contributed by atoms with Crippen LogP contribution in [0.2, 0.25) is 0 Å². The number of hydrogen-bond donors (Lipinski definition) is 0. The maximum absolute atomic E-state index is 9.04. The molecular formula is C12H8N4S. The minimum Gasteiger partial charge on any atom is -0.329 e. The van der Waals surface area contributed by atoms with Crippen LogP contribution in [-0.2, 0) is 7.05 Å². The van der Waals surface area contributed by atoms with Crippen molar-refractivity contribution in [3.05, 3.63) is 41.7 Å². The van der Waals surface area contributed by atoms with E-state index in [9.17, 15) is 0 Å². The summed E-state index contributed by atoms with van der Waals surface area (Å²) in [7, 11) is 1.87. The second kappa shape index (κ2) is 4.73. The van der Waals surface area contributed by atoms with Crippen LogP contribution in [0.15, 0.2) is 40.6 Å². The molecular weight excluding hydrogens is 232 g/mol. The van der Waals surface area contributed by atoms with Crippen LogP contribution in [0.4, 0.5) is 0 Å². The Morgan fingerprint density at radius 3 is 2.35 bits per heavy atom. The molecule has 0 aliphatic rings. The Labute approximate surface area is 103 Å². The summed E-state index contributed by atoms with van der Waals surface area (Å²) in [5, 5.41) is 18.8. The van der Waals surface area contributed by atoms with Crippen LogP contribution >= 0.6 is 11.8 Å². The highest BCUT2D eigenvalue weighted by Gasteiger charge is 2.12. The van der Waals surface area contributed by atoms with Gasteiger partial charge in [0, 0.05) is 19.4 Å². The molecule has 1 aromatic carbocycles. The van der Waals surface area contributed by atoms with Crippen molar-refractivity contribution < 1.29 is 0 Å². The van der Waals surface area contributed by atoms with E-state index in [1.54, 1.807) is 24.4 Å². The first-order valence-electron chi connectivity index (χ1n) is 4.84. The van der Waals surface area contributed by atoms with Gasteiger partial charge >= 0.3 is 0 Å². The lowest BCUT2D eigenvalue weighted by atomic mass is 10.1. The van der Waals surface area contributed by atoms with Crippen LogP contribution < -0.4 is 0 Å². The minimum absolute atomic E-state index is 0.497. The van der Waals surface area contributed by atoms with Crippen molar-refractivity contribution in [3.8, 4) is 12.1 Å². The molecule has 2 rings (SSSR count). The highest BCUT2D eigenvalue weighted by atomic mass is 32.2. The SMILES string of the molecule is Cn1ccnc1Sc1c(C#N)cccc1C#N. The zero-order chi connectivity index (χ0) is 12.3. The van der Waals surface area contributed by atoms with Gasteiger partial charge in [0.2, 0.25) is 0 Å². The van der Waals surface area contributed by atoms with E-state index >= 15 is 0 Å². The Bertz CT molecular complexity index is 598. The van der Waals surface area contributed by atoms with E-state index in [2.05, 4.69) is 17.1 Å². The number of hydrogen-bond acceptors (Lipinski definition) is 4. The molecule has 0 fully saturated rings. The predicted octanol–water partition coefficient (Wildman–Crippen LogP) is 2.31. The van der Waals surface area contributed by atoms with Crippen molar-refractivity contribution in [1.82, 2.24) is 9.55 Å². The van der Waals surface area contributed by atoms with Gasteiger partial charge in [-0.15, -0.1) is 0 Å². The lowest BCUT2D eigenvalue weighted by Gasteiger charge is -2.05. The van der Waals surface area contributed by atoms with E-state index < -0.39 is 0 Å². The monoisotopic (exact) mass is 240 g/mol. The molecule has 17 heavy (non-hydrogen) atoms. The summed E-state index contributed by atoms with van der Waals surface area (Å²) in [5.74, 6) is 0. The molecule has 0 N–H and O–H groups in total. The van der Waals surface area contributed by atoms with Gasteiger partial charge in [0.1, 0.15) is 12.1 Å². The zero-order valence-electron chi connectivity index (χ0n) is 9.08. The standard InChI is InChI=1S/C12H8N4S/c1-16-6-5-15-12(16)17-11-9(7-13)3-2-4-10(11)8-14/h2-6H,1H3. The van der Waals surface area contributed by atoms with E-state index in [0.29, 0.717) is 16.0 Å². The second-order valence-electron chi connectivity index (χ2n) is 3.33. The van der Waals surface area contributed by atoms with Gasteiger partial charge in [-0.3, -0.25) is 0 Å². The van der Waals surface area contributed by atoms with Crippen molar-refractivity contribution in [1.29, 1.82) is 10.5 Å². The lowest BCUT2D eigenvalue weighted by Crippen LogP contribution is -1.92. The number of aryl methyl sites for hydroxylation is 1. The Balaban J connectivity index is 2.49. The Morgan fingerprint density at radius 2 is 1.88 bits per heavy atom. The first-order chi connectivity index (χ1) is 8.26. The fourth-order valence-corrected chi connectivity index (χ4v) is 2.31. The van der Waals surface area contributed by atoms with Crippen molar-refractivity contribution in [2.75, 3.05) is 0 Å². The van der Waals surface area contributed by atoms with E-state index in [1.807, 2.05) is 17.8 Å². The maximum atomic E-state index is 9.04. The molecule has 5 heteroatoms. The number of imidazole rings is 1. The number of nitrogens with zero attached hydrogens (tertiary/aromatic N) is 4. The molecule has 0 unspecified atom stereocenters. The van der Waals surface area contributed by atoms with Crippen LogP contribution in [0.5, 0.6) is 0 Å². The molecule has 0 spiro atoms. The van der Waals surface area contributed by atoms with Crippen LogP contribution in [0, 0.1) is 22.7 Å². The van der Waals surface area contributed by atoms with Gasteiger partial charge in [-0.25, -0.2) is 4.98 Å². The summed E-state index contributed by atoms with van der Waals surface area (Å²) in [4.78, 5) is 4.83. The summed E-state index contributed by atoms with van der Waals surface area (Å²) >= 11 is 1.33. The molecule has 1 aromatic heterocycles. The average molecular weight is 240 g/mol. The van der Waals surface area contributed by atoms with Crippen LogP contribution in [0.3, 0.4) is 0 Å². The summed E-state index contributed by atoms with van der Waals surface area (Å²) in [6, 6.07) is 9.30. The summed E-state index contributed by atoms with van der Waals surface area (Å²) in [5.41, 5.74) is 0.995. The van der Waals surface area contributed by atoms with Gasteiger partial charge in [0.25, 0.3) is 0 Å². The number of benzene rings is 1. The number of nitriles is 2. The summed E-state index contributed by atoms with van der Waals surface area (Å²) in [6.07, 6.45) is 3.51. The molecule has 2 aromatic rings. The van der Waals surface area contributed by atoms with E-state index in [4.69, 9.17) is 10.5 Å². The number of aromatic nitrogens is 2. The van der Waals surface area contributed by atoms with Gasteiger partial charge in [-0.1, -0.05) is 6.07 Å². The third-order valence-corrected chi connectivity index (χ3v) is 3.45. The fraction of sp³-hybridized carbons (Fsp3) is 0.0833. The molecule has 0 saturated carbocycles. The summed E-state index contributed by atoms with van der Waals surface area (Å²) < 4.78 is 1.85. The highest BCUT2D eigenvalue weighted by molar-refractivity contribution is 7.99. The molecule has 0 radical (unpaired) electrons. The molecule has 4 nitrogen and oxygen atoms in total. The van der Waals surface area contributed by atoms with Gasteiger partial charge in [-0.2, -0.15) is 10.5 Å². The van der Waals surface area contributed by atoms with Crippen LogP contribution in [0.1, 0.15) is 11.1 Å². The van der Waals surface area contributed by atoms with Gasteiger partial charge in [0.15, 0.2) is 5.16 Å². The van der Waals surface area contributed by atoms with Gasteiger partial charge in [0.05, 0.1) is 16.0 Å². The van der Waals surface area contributed by atoms with Crippen LogP contribution in [0.25, 0.3) is 0 Å². The third kappa shape index (κ3) is 2.15. The van der Waals surface area contributed by atoms with E-state index in [-0.39, 0.29) is 0 Å².